The first-order valence-corrected chi connectivity index (χ1v) is 8.09. The topological polar surface area (TPSA) is 153 Å². The molecule has 0 aliphatic carbocycles. The van der Waals surface area contributed by atoms with Crippen molar-refractivity contribution in [1.29, 1.82) is 0 Å². The van der Waals surface area contributed by atoms with Crippen LogP contribution in [-0.2, 0) is 9.59 Å². The van der Waals surface area contributed by atoms with E-state index >= 15 is 0 Å². The van der Waals surface area contributed by atoms with Crippen molar-refractivity contribution in [1.82, 2.24) is 5.32 Å². The predicted octanol–water partition coefficient (Wildman–Crippen LogP) is 1.32. The molecule has 1 rings (SSSR count). The highest BCUT2D eigenvalue weighted by Crippen LogP contribution is 2.29. The highest BCUT2D eigenvalue weighted by molar-refractivity contribution is 8.00. The minimum Gasteiger partial charge on any atom is -0.480 e. The zero-order valence-corrected chi connectivity index (χ0v) is 14.1. The smallest absolute Gasteiger partial charge is 0.326 e. The first kappa shape index (κ1) is 20.2. The minimum atomic E-state index is -1.17. The Bertz CT molecular complexity index is 719. The molecule has 10 heteroatoms. The Hall–Kier alpha value is -2.88. The third-order valence-electron chi connectivity index (χ3n) is 3.04. The number of aliphatic carboxylic acids is 1. The van der Waals surface area contributed by atoms with E-state index in [2.05, 4.69) is 5.32 Å². The van der Waals surface area contributed by atoms with Gasteiger partial charge in [0.25, 0.3) is 5.69 Å². The lowest BCUT2D eigenvalue weighted by atomic mass is 10.2. The second-order valence-electron chi connectivity index (χ2n) is 4.86. The second kappa shape index (κ2) is 9.42. The van der Waals surface area contributed by atoms with Crippen LogP contribution in [0.25, 0.3) is 0 Å². The summed E-state index contributed by atoms with van der Waals surface area (Å²) in [7, 11) is 0. The summed E-state index contributed by atoms with van der Waals surface area (Å²) in [6.45, 7) is 1.73. The number of nitrogens with one attached hydrogen (secondary N) is 1. The van der Waals surface area contributed by atoms with Crippen LogP contribution in [0.3, 0.4) is 0 Å². The number of hydrogen-bond acceptors (Lipinski definition) is 6. The van der Waals surface area contributed by atoms with Crippen LogP contribution in [0.2, 0.25) is 0 Å². The highest BCUT2D eigenvalue weighted by atomic mass is 32.2. The number of hydrogen-bond donors (Lipinski definition) is 3. The van der Waals surface area contributed by atoms with Gasteiger partial charge in [0.1, 0.15) is 6.04 Å². The van der Waals surface area contributed by atoms with Gasteiger partial charge in [0.2, 0.25) is 11.8 Å². The lowest BCUT2D eigenvalue weighted by Gasteiger charge is -2.12. The molecule has 0 fully saturated rings. The number of carbonyl (C=O) groups is 3. The van der Waals surface area contributed by atoms with Gasteiger partial charge in [0.15, 0.2) is 0 Å². The van der Waals surface area contributed by atoms with E-state index in [9.17, 15) is 24.5 Å². The van der Waals surface area contributed by atoms with Gasteiger partial charge >= 0.3 is 5.97 Å². The number of benzene rings is 1. The lowest BCUT2D eigenvalue weighted by Crippen LogP contribution is -2.41. The van der Waals surface area contributed by atoms with E-state index in [1.54, 1.807) is 19.1 Å². The zero-order chi connectivity index (χ0) is 19.0. The maximum Gasteiger partial charge on any atom is 0.326 e. The molecule has 2 amide bonds. The van der Waals surface area contributed by atoms with E-state index in [1.807, 2.05) is 0 Å². The summed E-state index contributed by atoms with van der Waals surface area (Å²) in [5, 5.41) is 22.5. The van der Waals surface area contributed by atoms with E-state index in [-0.39, 0.29) is 28.3 Å². The van der Waals surface area contributed by atoms with Gasteiger partial charge in [-0.05, 0) is 25.5 Å². The number of nitro benzene ring substituents is 1. The largest absolute Gasteiger partial charge is 0.480 e. The summed E-state index contributed by atoms with van der Waals surface area (Å²) in [6, 6.07) is 2.61. The minimum absolute atomic E-state index is 0.0159. The number of nitrogens with zero attached hydrogens (tertiary/aromatic N) is 1. The number of amides is 2. The summed E-state index contributed by atoms with van der Waals surface area (Å²) >= 11 is 0.865. The number of allylic oxidation sites excluding steroid dienone is 1. The molecule has 0 bridgehead atoms. The average molecular weight is 367 g/mol. The van der Waals surface area contributed by atoms with Crippen LogP contribution in [0, 0.1) is 10.1 Å². The van der Waals surface area contributed by atoms with E-state index in [0.29, 0.717) is 0 Å². The van der Waals surface area contributed by atoms with Gasteiger partial charge in [-0.1, -0.05) is 12.2 Å². The number of nitrogens with two attached hydrogens (primary N) is 1. The Labute approximate surface area is 147 Å². The molecule has 1 atom stereocenters. The van der Waals surface area contributed by atoms with Crippen molar-refractivity contribution in [2.75, 3.05) is 5.75 Å². The van der Waals surface area contributed by atoms with Gasteiger partial charge in [-0.15, -0.1) is 11.8 Å². The highest BCUT2D eigenvalue weighted by Gasteiger charge is 2.21. The van der Waals surface area contributed by atoms with Crippen molar-refractivity contribution in [2.45, 2.75) is 24.3 Å². The second-order valence-corrected chi connectivity index (χ2v) is 5.87. The number of thioether (sulfide) groups is 1. The molecule has 0 aromatic heterocycles. The zero-order valence-electron chi connectivity index (χ0n) is 13.3. The Morgan fingerprint density at radius 2 is 2.12 bits per heavy atom. The van der Waals surface area contributed by atoms with Crippen molar-refractivity contribution >= 4 is 35.2 Å². The van der Waals surface area contributed by atoms with Crippen LogP contribution in [0.15, 0.2) is 35.2 Å². The van der Waals surface area contributed by atoms with Crippen molar-refractivity contribution < 1.29 is 24.4 Å². The number of carbonyl (C=O) groups excluding carboxylic acids is 2. The predicted molar refractivity (Wildman–Crippen MR) is 91.3 cm³/mol. The maximum atomic E-state index is 11.9. The number of nitro groups is 1. The average Bonchev–Trinajstić information content (AvgIpc) is 2.55. The summed E-state index contributed by atoms with van der Waals surface area (Å²) in [5.74, 6) is -2.76. The fraction of sp³-hybridized carbons (Fsp3) is 0.267. The van der Waals surface area contributed by atoms with Crippen LogP contribution in [0.1, 0.15) is 23.7 Å². The number of rotatable bonds is 9. The number of carboxylic acid groups (broad SMARTS) is 1. The van der Waals surface area contributed by atoms with Crippen molar-refractivity contribution in [2.24, 2.45) is 5.73 Å². The molecule has 0 saturated heterocycles. The van der Waals surface area contributed by atoms with Gasteiger partial charge < -0.3 is 16.2 Å². The van der Waals surface area contributed by atoms with Crippen LogP contribution < -0.4 is 11.1 Å². The fourth-order valence-corrected chi connectivity index (χ4v) is 2.62. The molecule has 1 unspecified atom stereocenters. The normalized spacial score (nSPS) is 11.9. The molecule has 25 heavy (non-hydrogen) atoms. The lowest BCUT2D eigenvalue weighted by molar-refractivity contribution is -0.387. The van der Waals surface area contributed by atoms with Crippen LogP contribution in [0.4, 0.5) is 5.69 Å². The monoisotopic (exact) mass is 367 g/mol. The third kappa shape index (κ3) is 6.26. The molecule has 0 spiro atoms. The fourth-order valence-electron chi connectivity index (χ4n) is 1.81. The van der Waals surface area contributed by atoms with Gasteiger partial charge in [-0.2, -0.15) is 0 Å². The molecule has 1 aromatic carbocycles. The molecular formula is C15H17N3O6S. The van der Waals surface area contributed by atoms with Gasteiger partial charge in [-0.3, -0.25) is 19.7 Å². The summed E-state index contributed by atoms with van der Waals surface area (Å²) in [5.41, 5.74) is 4.72. The summed E-state index contributed by atoms with van der Waals surface area (Å²) in [4.78, 5) is 44.6. The summed E-state index contributed by atoms with van der Waals surface area (Å²) < 4.78 is 0. The molecule has 0 aliphatic heterocycles. The third-order valence-corrected chi connectivity index (χ3v) is 4.10. The van der Waals surface area contributed by atoms with E-state index in [0.717, 1.165) is 17.8 Å². The Morgan fingerprint density at radius 1 is 1.44 bits per heavy atom. The SMILES string of the molecule is C/C=C/CC(NC(=O)CSc1ccc(C(N)=O)cc1[N+](=O)[O-])C(=O)O. The quantitative estimate of drug-likeness (QED) is 0.257. The van der Waals surface area contributed by atoms with Crippen molar-refractivity contribution in [3.05, 3.63) is 46.0 Å². The van der Waals surface area contributed by atoms with Gasteiger partial charge in [0.05, 0.1) is 15.6 Å². The standard InChI is InChI=1S/C15H17N3O6S/c1-2-3-4-10(15(21)22)17-13(19)8-25-12-6-5-9(14(16)20)7-11(12)18(23)24/h2-3,5-7,10H,4,8H2,1H3,(H2,16,20)(H,17,19)(H,21,22)/b3-2+. The molecule has 0 heterocycles. The van der Waals surface area contributed by atoms with E-state index in [1.165, 1.54) is 12.1 Å². The van der Waals surface area contributed by atoms with Crippen LogP contribution in [-0.4, -0.2) is 39.6 Å². The molecule has 134 valence electrons. The molecule has 4 N–H and O–H groups in total. The van der Waals surface area contributed by atoms with Gasteiger partial charge in [-0.25, -0.2) is 4.79 Å². The van der Waals surface area contributed by atoms with E-state index in [4.69, 9.17) is 10.8 Å². The first-order valence-electron chi connectivity index (χ1n) is 7.10. The van der Waals surface area contributed by atoms with Crippen LogP contribution >= 0.6 is 11.8 Å². The van der Waals surface area contributed by atoms with Crippen LogP contribution in [0.5, 0.6) is 0 Å². The Balaban J connectivity index is 2.79. The molecule has 1 aromatic rings. The molecule has 9 nitrogen and oxygen atoms in total. The Morgan fingerprint density at radius 3 is 2.64 bits per heavy atom. The van der Waals surface area contributed by atoms with Crippen molar-refractivity contribution in [3.8, 4) is 0 Å². The maximum absolute atomic E-state index is 11.9. The number of primary amides is 1. The first-order chi connectivity index (χ1) is 11.8. The summed E-state index contributed by atoms with van der Waals surface area (Å²) in [6.07, 6.45) is 3.41. The molecular weight excluding hydrogens is 350 g/mol. The molecule has 0 radical (unpaired) electrons. The molecule has 0 aliphatic rings. The van der Waals surface area contributed by atoms with Gasteiger partial charge in [0, 0.05) is 11.6 Å². The van der Waals surface area contributed by atoms with E-state index < -0.39 is 28.7 Å². The van der Waals surface area contributed by atoms with Crippen molar-refractivity contribution in [3.63, 3.8) is 0 Å². The number of carboxylic acids is 1. The Kier molecular flexibility index (Phi) is 7.60. The molecule has 0 saturated carbocycles.